The molecule has 0 aliphatic carbocycles. The van der Waals surface area contributed by atoms with Gasteiger partial charge in [0.15, 0.2) is 0 Å². The third-order valence-electron chi connectivity index (χ3n) is 3.41. The van der Waals surface area contributed by atoms with Crippen LogP contribution in [-0.4, -0.2) is 31.1 Å². The van der Waals surface area contributed by atoms with Gasteiger partial charge in [0.1, 0.15) is 0 Å². The molecule has 100 valence electrons. The van der Waals surface area contributed by atoms with E-state index in [0.717, 1.165) is 23.7 Å². The van der Waals surface area contributed by atoms with Crippen molar-refractivity contribution in [1.29, 1.82) is 0 Å². The molecule has 0 spiro atoms. The van der Waals surface area contributed by atoms with Gasteiger partial charge in [-0.15, -0.1) is 0 Å². The topological polar surface area (TPSA) is 37.4 Å². The molecule has 2 rings (SSSR count). The van der Waals surface area contributed by atoms with Gasteiger partial charge in [0.2, 0.25) is 10.0 Å². The van der Waals surface area contributed by atoms with E-state index in [1.807, 2.05) is 19.1 Å². The van der Waals surface area contributed by atoms with Crippen LogP contribution in [0.1, 0.15) is 18.4 Å². The van der Waals surface area contributed by atoms with Crippen LogP contribution in [-0.2, 0) is 10.0 Å². The van der Waals surface area contributed by atoms with E-state index in [0.29, 0.717) is 23.9 Å². The van der Waals surface area contributed by atoms with Crippen molar-refractivity contribution in [3.8, 4) is 0 Å². The molecule has 18 heavy (non-hydrogen) atoms. The fourth-order valence-electron chi connectivity index (χ4n) is 2.36. The zero-order valence-electron chi connectivity index (χ0n) is 10.5. The molecule has 1 aromatic rings. The number of sulfonamides is 1. The van der Waals surface area contributed by atoms with Gasteiger partial charge >= 0.3 is 0 Å². The van der Waals surface area contributed by atoms with Crippen molar-refractivity contribution in [2.45, 2.75) is 24.7 Å². The number of halogens is 1. The Labute approximate surface area is 117 Å². The van der Waals surface area contributed by atoms with Crippen LogP contribution in [0.4, 0.5) is 0 Å². The van der Waals surface area contributed by atoms with Crippen LogP contribution >= 0.6 is 15.9 Å². The lowest BCUT2D eigenvalue weighted by molar-refractivity contribution is 0.285. The first kappa shape index (κ1) is 14.0. The van der Waals surface area contributed by atoms with Gasteiger partial charge in [-0.2, -0.15) is 4.31 Å². The Balaban J connectivity index is 2.29. The number of hydrogen-bond donors (Lipinski definition) is 0. The molecule has 1 heterocycles. The predicted octanol–water partition coefficient (Wildman–Crippen LogP) is 2.79. The Kier molecular flexibility index (Phi) is 4.45. The molecule has 0 saturated carbocycles. The third kappa shape index (κ3) is 2.78. The third-order valence-corrected chi connectivity index (χ3v) is 6.35. The monoisotopic (exact) mass is 331 g/mol. The van der Waals surface area contributed by atoms with Gasteiger partial charge in [-0.25, -0.2) is 8.42 Å². The maximum Gasteiger partial charge on any atom is 0.243 e. The SMILES string of the molecule is Cc1ccccc1S(=O)(=O)N1CCCC(CBr)C1. The van der Waals surface area contributed by atoms with Crippen LogP contribution in [0.15, 0.2) is 29.2 Å². The van der Waals surface area contributed by atoms with E-state index in [1.54, 1.807) is 16.4 Å². The lowest BCUT2D eigenvalue weighted by Crippen LogP contribution is -2.40. The molecule has 0 N–H and O–H groups in total. The molecule has 1 unspecified atom stereocenters. The first-order valence-electron chi connectivity index (χ1n) is 6.17. The number of hydrogen-bond acceptors (Lipinski definition) is 2. The Morgan fingerprint density at radius 3 is 2.78 bits per heavy atom. The maximum absolute atomic E-state index is 12.6. The predicted molar refractivity (Wildman–Crippen MR) is 76.5 cm³/mol. The van der Waals surface area contributed by atoms with Gasteiger partial charge in [-0.1, -0.05) is 34.1 Å². The molecule has 3 nitrogen and oxygen atoms in total. The molecule has 0 bridgehead atoms. The summed E-state index contributed by atoms with van der Waals surface area (Å²) in [5, 5.41) is 0.868. The van der Waals surface area contributed by atoms with Gasteiger partial charge < -0.3 is 0 Å². The number of benzene rings is 1. The number of alkyl halides is 1. The first-order valence-corrected chi connectivity index (χ1v) is 8.73. The molecule has 1 atom stereocenters. The highest BCUT2D eigenvalue weighted by atomic mass is 79.9. The average Bonchev–Trinajstić information content (AvgIpc) is 2.39. The Bertz CT molecular complexity index is 515. The van der Waals surface area contributed by atoms with Gasteiger partial charge in [0.25, 0.3) is 0 Å². The molecule has 1 fully saturated rings. The summed E-state index contributed by atoms with van der Waals surface area (Å²) >= 11 is 3.45. The molecule has 1 saturated heterocycles. The highest BCUT2D eigenvalue weighted by Gasteiger charge is 2.30. The highest BCUT2D eigenvalue weighted by Crippen LogP contribution is 2.26. The largest absolute Gasteiger partial charge is 0.243 e. The molecule has 0 aromatic heterocycles. The van der Waals surface area contributed by atoms with E-state index in [4.69, 9.17) is 0 Å². The summed E-state index contributed by atoms with van der Waals surface area (Å²) in [5.74, 6) is 0.428. The van der Waals surface area contributed by atoms with Crippen LogP contribution in [0.5, 0.6) is 0 Å². The molecule has 0 radical (unpaired) electrons. The Morgan fingerprint density at radius 1 is 1.39 bits per heavy atom. The van der Waals surface area contributed by atoms with Gasteiger partial charge in [0.05, 0.1) is 4.90 Å². The van der Waals surface area contributed by atoms with Crippen LogP contribution < -0.4 is 0 Å². The highest BCUT2D eigenvalue weighted by molar-refractivity contribution is 9.09. The second-order valence-electron chi connectivity index (χ2n) is 4.79. The van der Waals surface area contributed by atoms with Crippen LogP contribution in [0.25, 0.3) is 0 Å². The van der Waals surface area contributed by atoms with Crippen molar-refractivity contribution in [2.24, 2.45) is 5.92 Å². The van der Waals surface area contributed by atoms with Gasteiger partial charge in [0, 0.05) is 18.4 Å². The van der Waals surface area contributed by atoms with Crippen molar-refractivity contribution in [3.05, 3.63) is 29.8 Å². The minimum absolute atomic E-state index is 0.428. The van der Waals surface area contributed by atoms with E-state index in [1.165, 1.54) is 0 Å². The lowest BCUT2D eigenvalue weighted by atomic mass is 10.0. The zero-order valence-corrected chi connectivity index (χ0v) is 12.9. The summed E-state index contributed by atoms with van der Waals surface area (Å²) in [6.07, 6.45) is 2.05. The minimum atomic E-state index is -3.32. The summed E-state index contributed by atoms with van der Waals surface area (Å²) in [7, 11) is -3.32. The summed E-state index contributed by atoms with van der Waals surface area (Å²) in [4.78, 5) is 0.445. The molecule has 0 amide bonds. The van der Waals surface area contributed by atoms with Gasteiger partial charge in [-0.3, -0.25) is 0 Å². The molecular formula is C13H18BrNO2S. The normalized spacial score (nSPS) is 22.0. The van der Waals surface area contributed by atoms with Crippen LogP contribution in [0.2, 0.25) is 0 Å². The van der Waals surface area contributed by atoms with E-state index < -0.39 is 10.0 Å². The van der Waals surface area contributed by atoms with Crippen molar-refractivity contribution < 1.29 is 8.42 Å². The summed E-state index contributed by atoms with van der Waals surface area (Å²) in [6, 6.07) is 7.19. The van der Waals surface area contributed by atoms with Crippen LogP contribution in [0.3, 0.4) is 0 Å². The molecule has 1 aromatic carbocycles. The smallest absolute Gasteiger partial charge is 0.207 e. The van der Waals surface area contributed by atoms with E-state index in [-0.39, 0.29) is 0 Å². The standard InChI is InChI=1S/C13H18BrNO2S/c1-11-5-2-3-7-13(11)18(16,17)15-8-4-6-12(9-14)10-15/h2-3,5,7,12H,4,6,8-10H2,1H3. The van der Waals surface area contributed by atoms with Crippen LogP contribution in [0, 0.1) is 12.8 Å². The Hall–Kier alpha value is -0.390. The zero-order chi connectivity index (χ0) is 13.2. The fraction of sp³-hybridized carbons (Fsp3) is 0.538. The Morgan fingerprint density at radius 2 is 2.11 bits per heavy atom. The first-order chi connectivity index (χ1) is 8.55. The quantitative estimate of drug-likeness (QED) is 0.798. The summed E-state index contributed by atoms with van der Waals surface area (Å²) < 4.78 is 26.8. The lowest BCUT2D eigenvalue weighted by Gasteiger charge is -2.31. The average molecular weight is 332 g/mol. The second kappa shape index (κ2) is 5.72. The van der Waals surface area contributed by atoms with Gasteiger partial charge in [-0.05, 0) is 37.3 Å². The molecular weight excluding hydrogens is 314 g/mol. The molecule has 1 aliphatic heterocycles. The van der Waals surface area contributed by atoms with Crippen molar-refractivity contribution in [2.75, 3.05) is 18.4 Å². The van der Waals surface area contributed by atoms with Crippen molar-refractivity contribution in [1.82, 2.24) is 4.31 Å². The van der Waals surface area contributed by atoms with Crippen molar-refractivity contribution in [3.63, 3.8) is 0 Å². The number of rotatable bonds is 3. The minimum Gasteiger partial charge on any atom is -0.207 e. The summed E-state index contributed by atoms with van der Waals surface area (Å²) in [6.45, 7) is 3.11. The maximum atomic E-state index is 12.6. The van der Waals surface area contributed by atoms with E-state index in [2.05, 4.69) is 15.9 Å². The van der Waals surface area contributed by atoms with Crippen molar-refractivity contribution >= 4 is 26.0 Å². The molecule has 5 heteroatoms. The number of nitrogens with zero attached hydrogens (tertiary/aromatic N) is 1. The van der Waals surface area contributed by atoms with E-state index in [9.17, 15) is 8.42 Å². The molecule has 1 aliphatic rings. The number of aryl methyl sites for hydroxylation is 1. The second-order valence-corrected chi connectivity index (χ2v) is 7.34. The number of piperidine rings is 1. The fourth-order valence-corrected chi connectivity index (χ4v) is 4.66. The summed E-state index contributed by atoms with van der Waals surface area (Å²) in [5.41, 5.74) is 0.818. The van der Waals surface area contributed by atoms with E-state index >= 15 is 0 Å².